The predicted molar refractivity (Wildman–Crippen MR) is 71.1 cm³/mol. The third kappa shape index (κ3) is 12.1. The number of aliphatic hydroxyl groups excluding tert-OH is 2. The molecule has 0 fully saturated rings. The summed E-state index contributed by atoms with van der Waals surface area (Å²) in [6.07, 6.45) is 9.50. The zero-order valence-corrected chi connectivity index (χ0v) is 11.4. The van der Waals surface area contributed by atoms with E-state index in [0.717, 1.165) is 6.42 Å². The minimum Gasteiger partial charge on any atom is -0.396 e. The fourth-order valence-corrected chi connectivity index (χ4v) is 1.86. The summed E-state index contributed by atoms with van der Waals surface area (Å²) in [6.45, 7) is 3.86. The average Bonchev–Trinajstić information content (AvgIpc) is 2.36. The van der Waals surface area contributed by atoms with E-state index in [1.807, 2.05) is 0 Å². The summed E-state index contributed by atoms with van der Waals surface area (Å²) in [6, 6.07) is 0. The van der Waals surface area contributed by atoms with Crippen LogP contribution in [0.15, 0.2) is 0 Å². The molecule has 0 aromatic rings. The second-order valence-electron chi connectivity index (χ2n) is 4.76. The standard InChI is InChI=1S/C14H30O3/c1-2-3-4-5-6-7-9-14(12-16)13-17-11-8-10-15/h14-16H,2-13H2,1H3. The van der Waals surface area contributed by atoms with E-state index in [4.69, 9.17) is 9.84 Å². The maximum Gasteiger partial charge on any atom is 0.0516 e. The molecule has 0 spiro atoms. The molecule has 3 nitrogen and oxygen atoms in total. The van der Waals surface area contributed by atoms with Crippen molar-refractivity contribution in [2.75, 3.05) is 26.4 Å². The minimum absolute atomic E-state index is 0.182. The summed E-state index contributed by atoms with van der Waals surface area (Å²) in [5, 5.41) is 17.8. The number of rotatable bonds is 13. The lowest BCUT2D eigenvalue weighted by Gasteiger charge is -2.14. The SMILES string of the molecule is CCCCCCCCC(CO)COCCCO. The fourth-order valence-electron chi connectivity index (χ4n) is 1.86. The molecule has 0 aliphatic heterocycles. The van der Waals surface area contributed by atoms with Crippen LogP contribution in [0.3, 0.4) is 0 Å². The summed E-state index contributed by atoms with van der Waals surface area (Å²) in [4.78, 5) is 0. The Balaban J connectivity index is 3.28. The first kappa shape index (κ1) is 16.9. The van der Waals surface area contributed by atoms with Gasteiger partial charge in [0.1, 0.15) is 0 Å². The maximum absolute atomic E-state index is 9.19. The van der Waals surface area contributed by atoms with Gasteiger partial charge in [-0.15, -0.1) is 0 Å². The Kier molecular flexibility index (Phi) is 13.8. The van der Waals surface area contributed by atoms with Gasteiger partial charge < -0.3 is 14.9 Å². The van der Waals surface area contributed by atoms with Crippen molar-refractivity contribution in [2.45, 2.75) is 58.3 Å². The highest BCUT2D eigenvalue weighted by atomic mass is 16.5. The van der Waals surface area contributed by atoms with Crippen molar-refractivity contribution in [1.29, 1.82) is 0 Å². The van der Waals surface area contributed by atoms with E-state index >= 15 is 0 Å². The van der Waals surface area contributed by atoms with Gasteiger partial charge in [-0.25, -0.2) is 0 Å². The Morgan fingerprint density at radius 2 is 1.65 bits per heavy atom. The van der Waals surface area contributed by atoms with Crippen molar-refractivity contribution in [3.63, 3.8) is 0 Å². The third-order valence-electron chi connectivity index (χ3n) is 3.02. The van der Waals surface area contributed by atoms with Crippen molar-refractivity contribution in [3.8, 4) is 0 Å². The van der Waals surface area contributed by atoms with Crippen molar-refractivity contribution in [2.24, 2.45) is 5.92 Å². The molecular formula is C14H30O3. The smallest absolute Gasteiger partial charge is 0.0516 e. The van der Waals surface area contributed by atoms with Crippen LogP contribution in [0.1, 0.15) is 58.3 Å². The van der Waals surface area contributed by atoms with Crippen LogP contribution in [-0.4, -0.2) is 36.6 Å². The summed E-state index contributed by atoms with van der Waals surface area (Å²) < 4.78 is 5.40. The van der Waals surface area contributed by atoms with Gasteiger partial charge in [0, 0.05) is 25.7 Å². The van der Waals surface area contributed by atoms with Gasteiger partial charge in [-0.1, -0.05) is 45.4 Å². The van der Waals surface area contributed by atoms with Gasteiger partial charge in [-0.2, -0.15) is 0 Å². The molecule has 0 aromatic heterocycles. The van der Waals surface area contributed by atoms with Crippen LogP contribution in [0.5, 0.6) is 0 Å². The van der Waals surface area contributed by atoms with Crippen LogP contribution in [0.25, 0.3) is 0 Å². The molecule has 0 heterocycles. The van der Waals surface area contributed by atoms with Crippen LogP contribution < -0.4 is 0 Å². The van der Waals surface area contributed by atoms with Crippen molar-refractivity contribution in [1.82, 2.24) is 0 Å². The molecule has 17 heavy (non-hydrogen) atoms. The highest BCUT2D eigenvalue weighted by molar-refractivity contribution is 4.57. The maximum atomic E-state index is 9.19. The van der Waals surface area contributed by atoms with Gasteiger partial charge in [0.2, 0.25) is 0 Å². The summed E-state index contributed by atoms with van der Waals surface area (Å²) >= 11 is 0. The first-order chi connectivity index (χ1) is 8.35. The number of unbranched alkanes of at least 4 members (excludes halogenated alkanes) is 5. The Morgan fingerprint density at radius 3 is 2.29 bits per heavy atom. The van der Waals surface area contributed by atoms with Crippen LogP contribution >= 0.6 is 0 Å². The zero-order chi connectivity index (χ0) is 12.8. The van der Waals surface area contributed by atoms with Crippen LogP contribution in [0, 0.1) is 5.92 Å². The highest BCUT2D eigenvalue weighted by Crippen LogP contribution is 2.12. The fraction of sp³-hybridized carbons (Fsp3) is 1.00. The Hall–Kier alpha value is -0.120. The van der Waals surface area contributed by atoms with Crippen LogP contribution in [-0.2, 0) is 4.74 Å². The predicted octanol–water partition coefficient (Wildman–Crippen LogP) is 2.74. The first-order valence-corrected chi connectivity index (χ1v) is 7.14. The average molecular weight is 246 g/mol. The van der Waals surface area contributed by atoms with Gasteiger partial charge in [-0.3, -0.25) is 0 Å². The number of aliphatic hydroxyl groups is 2. The first-order valence-electron chi connectivity index (χ1n) is 7.14. The van der Waals surface area contributed by atoms with Crippen LogP contribution in [0.4, 0.5) is 0 Å². The second kappa shape index (κ2) is 13.9. The van der Waals surface area contributed by atoms with E-state index in [0.29, 0.717) is 19.6 Å². The molecule has 104 valence electrons. The molecule has 3 heteroatoms. The van der Waals surface area contributed by atoms with Crippen molar-refractivity contribution < 1.29 is 14.9 Å². The number of hydrogen-bond donors (Lipinski definition) is 2. The van der Waals surface area contributed by atoms with Gasteiger partial charge in [0.05, 0.1) is 6.61 Å². The molecule has 2 N–H and O–H groups in total. The normalized spacial score (nSPS) is 12.9. The number of ether oxygens (including phenoxy) is 1. The minimum atomic E-state index is 0.182. The van der Waals surface area contributed by atoms with Gasteiger partial charge in [0.15, 0.2) is 0 Å². The molecule has 0 aliphatic carbocycles. The second-order valence-corrected chi connectivity index (χ2v) is 4.76. The molecule has 1 atom stereocenters. The largest absolute Gasteiger partial charge is 0.396 e. The molecular weight excluding hydrogens is 216 g/mol. The Labute approximate surface area is 106 Å². The quantitative estimate of drug-likeness (QED) is 0.491. The molecule has 1 unspecified atom stereocenters. The van der Waals surface area contributed by atoms with Gasteiger partial charge in [-0.05, 0) is 12.8 Å². The van der Waals surface area contributed by atoms with Crippen molar-refractivity contribution >= 4 is 0 Å². The number of hydrogen-bond acceptors (Lipinski definition) is 3. The Morgan fingerprint density at radius 1 is 0.941 bits per heavy atom. The van der Waals surface area contributed by atoms with E-state index in [9.17, 15) is 5.11 Å². The lowest BCUT2D eigenvalue weighted by Crippen LogP contribution is -2.14. The summed E-state index contributed by atoms with van der Waals surface area (Å²) in [5.41, 5.74) is 0. The molecule has 0 aliphatic rings. The topological polar surface area (TPSA) is 49.7 Å². The van der Waals surface area contributed by atoms with E-state index in [1.165, 1.54) is 38.5 Å². The summed E-state index contributed by atoms with van der Waals surface area (Å²) in [5.74, 6) is 0.278. The van der Waals surface area contributed by atoms with E-state index in [2.05, 4.69) is 6.92 Å². The molecule has 0 saturated heterocycles. The lowest BCUT2D eigenvalue weighted by molar-refractivity contribution is 0.0603. The van der Waals surface area contributed by atoms with Gasteiger partial charge >= 0.3 is 0 Å². The molecule has 0 rings (SSSR count). The molecule has 0 bridgehead atoms. The monoisotopic (exact) mass is 246 g/mol. The molecule has 0 amide bonds. The van der Waals surface area contributed by atoms with Gasteiger partial charge in [0.25, 0.3) is 0 Å². The third-order valence-corrected chi connectivity index (χ3v) is 3.02. The molecule has 0 radical (unpaired) electrons. The molecule has 0 aromatic carbocycles. The van der Waals surface area contributed by atoms with E-state index in [1.54, 1.807) is 0 Å². The van der Waals surface area contributed by atoms with Crippen molar-refractivity contribution in [3.05, 3.63) is 0 Å². The molecule has 0 saturated carbocycles. The van der Waals surface area contributed by atoms with E-state index < -0.39 is 0 Å². The lowest BCUT2D eigenvalue weighted by atomic mass is 10.0. The Bertz CT molecular complexity index is 139. The van der Waals surface area contributed by atoms with Crippen LogP contribution in [0.2, 0.25) is 0 Å². The summed E-state index contributed by atoms with van der Waals surface area (Å²) in [7, 11) is 0. The zero-order valence-electron chi connectivity index (χ0n) is 11.4. The highest BCUT2D eigenvalue weighted by Gasteiger charge is 2.07. The van der Waals surface area contributed by atoms with E-state index in [-0.39, 0.29) is 19.1 Å².